The predicted octanol–water partition coefficient (Wildman–Crippen LogP) is 3.91. The van der Waals surface area contributed by atoms with Gasteiger partial charge in [0.2, 0.25) is 0 Å². The first-order valence-corrected chi connectivity index (χ1v) is 12.2. The summed E-state index contributed by atoms with van der Waals surface area (Å²) in [5.41, 5.74) is 2.80. The van der Waals surface area contributed by atoms with Crippen molar-refractivity contribution in [2.24, 2.45) is 0 Å². The molecule has 174 valence electrons. The van der Waals surface area contributed by atoms with Crippen molar-refractivity contribution in [3.8, 4) is 5.75 Å². The minimum atomic E-state index is -0.712. The van der Waals surface area contributed by atoms with Crippen LogP contribution >= 0.6 is 0 Å². The molecule has 0 saturated heterocycles. The van der Waals surface area contributed by atoms with E-state index >= 15 is 0 Å². The number of hydrogen-bond acceptors (Lipinski definition) is 4. The monoisotopic (exact) mass is 448 g/mol. The summed E-state index contributed by atoms with van der Waals surface area (Å²) in [5, 5.41) is 17.5. The van der Waals surface area contributed by atoms with Crippen LogP contribution in [0.1, 0.15) is 79.5 Å². The Hall–Kier alpha value is -3.09. The van der Waals surface area contributed by atoms with Crippen LogP contribution in [-0.4, -0.2) is 31.9 Å². The zero-order valence-electron chi connectivity index (χ0n) is 19.1. The van der Waals surface area contributed by atoms with Crippen LogP contribution in [0, 0.1) is 0 Å². The molecule has 0 atom stereocenters. The van der Waals surface area contributed by atoms with Gasteiger partial charge in [0.25, 0.3) is 11.3 Å². The van der Waals surface area contributed by atoms with Crippen LogP contribution < -0.4 is 10.7 Å². The molecule has 1 saturated carbocycles. The number of nitrogens with zero attached hydrogens (tertiary/aromatic N) is 3. The first-order valence-electron chi connectivity index (χ1n) is 12.2. The van der Waals surface area contributed by atoms with Gasteiger partial charge >= 0.3 is 0 Å². The van der Waals surface area contributed by atoms with Gasteiger partial charge in [-0.25, -0.2) is 0 Å². The quantitative estimate of drug-likeness (QED) is 0.640. The Morgan fingerprint density at radius 1 is 1.06 bits per heavy atom. The lowest BCUT2D eigenvalue weighted by Gasteiger charge is -2.34. The number of hydrogen-bond donors (Lipinski definition) is 2. The lowest BCUT2D eigenvalue weighted by molar-refractivity contribution is 0.0942. The van der Waals surface area contributed by atoms with E-state index in [9.17, 15) is 14.7 Å². The molecule has 1 aliphatic heterocycles. The lowest BCUT2D eigenvalue weighted by Crippen LogP contribution is -2.38. The van der Waals surface area contributed by atoms with E-state index in [1.807, 2.05) is 0 Å². The number of carbonyl (C=O) groups excluding carboxylic acids is 1. The third-order valence-electron chi connectivity index (χ3n) is 7.35. The average Bonchev–Trinajstić information content (AvgIpc) is 3.37. The summed E-state index contributed by atoms with van der Waals surface area (Å²) >= 11 is 0. The molecule has 2 aliphatic carbocycles. The minimum absolute atomic E-state index is 0.201. The summed E-state index contributed by atoms with van der Waals surface area (Å²) in [6.07, 6.45) is 20.7. The molecule has 3 heterocycles. The second-order valence-electron chi connectivity index (χ2n) is 9.65. The zero-order valence-corrected chi connectivity index (χ0v) is 19.1. The van der Waals surface area contributed by atoms with Gasteiger partial charge in [0.05, 0.1) is 18.3 Å². The number of aromatic nitrogens is 3. The van der Waals surface area contributed by atoms with Gasteiger partial charge in [-0.1, -0.05) is 37.8 Å². The number of nitrogens with one attached hydrogen (secondary N) is 1. The normalized spacial score (nSPS) is 20.7. The van der Waals surface area contributed by atoms with E-state index in [0.29, 0.717) is 13.1 Å². The molecular weight excluding hydrogens is 416 g/mol. The van der Waals surface area contributed by atoms with Crippen LogP contribution in [0.4, 0.5) is 0 Å². The molecule has 1 amide bonds. The second kappa shape index (κ2) is 9.04. The Balaban J connectivity index is 1.59. The zero-order chi connectivity index (χ0) is 22.8. The molecule has 1 fully saturated rings. The Bertz CT molecular complexity index is 1160. The fraction of sp³-hybridized carbons (Fsp3) is 0.500. The van der Waals surface area contributed by atoms with Crippen LogP contribution in [0.5, 0.6) is 5.75 Å². The molecule has 2 aromatic heterocycles. The molecule has 0 unspecified atom stereocenters. The van der Waals surface area contributed by atoms with Gasteiger partial charge in [-0.2, -0.15) is 5.10 Å². The molecular formula is C26H32N4O3. The highest BCUT2D eigenvalue weighted by Gasteiger charge is 2.38. The topological polar surface area (TPSA) is 89.1 Å². The molecule has 0 radical (unpaired) electrons. The van der Waals surface area contributed by atoms with Crippen molar-refractivity contribution in [2.75, 3.05) is 6.54 Å². The smallest absolute Gasteiger partial charge is 0.275 e. The maximum atomic E-state index is 12.7. The van der Waals surface area contributed by atoms with Gasteiger partial charge < -0.3 is 15.0 Å². The van der Waals surface area contributed by atoms with Gasteiger partial charge in [-0.15, -0.1) is 0 Å². The van der Waals surface area contributed by atoms with Crippen LogP contribution in [0.25, 0.3) is 6.08 Å². The molecule has 7 heteroatoms. The third-order valence-corrected chi connectivity index (χ3v) is 7.35. The largest absolute Gasteiger partial charge is 0.503 e. The van der Waals surface area contributed by atoms with E-state index in [1.165, 1.54) is 23.0 Å². The minimum Gasteiger partial charge on any atom is -0.503 e. The maximum absolute atomic E-state index is 12.7. The van der Waals surface area contributed by atoms with E-state index in [4.69, 9.17) is 0 Å². The number of aromatic hydroxyl groups is 1. The van der Waals surface area contributed by atoms with E-state index in [0.717, 1.165) is 64.2 Å². The Morgan fingerprint density at radius 2 is 1.88 bits per heavy atom. The van der Waals surface area contributed by atoms with Crippen molar-refractivity contribution >= 4 is 12.0 Å². The highest BCUT2D eigenvalue weighted by atomic mass is 16.3. The van der Waals surface area contributed by atoms with Gasteiger partial charge in [-0.3, -0.25) is 14.3 Å². The van der Waals surface area contributed by atoms with E-state index < -0.39 is 17.1 Å². The van der Waals surface area contributed by atoms with Gasteiger partial charge in [-0.05, 0) is 55.4 Å². The van der Waals surface area contributed by atoms with Crippen molar-refractivity contribution in [1.29, 1.82) is 0 Å². The van der Waals surface area contributed by atoms with Gasteiger partial charge in [0.1, 0.15) is 0 Å². The van der Waals surface area contributed by atoms with Gasteiger partial charge in [0, 0.05) is 24.9 Å². The maximum Gasteiger partial charge on any atom is 0.275 e. The summed E-state index contributed by atoms with van der Waals surface area (Å²) in [6.45, 7) is 0.999. The lowest BCUT2D eigenvalue weighted by atomic mass is 9.96. The van der Waals surface area contributed by atoms with Crippen LogP contribution in [-0.2, 0) is 18.5 Å². The summed E-state index contributed by atoms with van der Waals surface area (Å²) in [4.78, 5) is 25.2. The summed E-state index contributed by atoms with van der Waals surface area (Å²) in [6, 6.07) is 2.21. The van der Waals surface area contributed by atoms with Crippen molar-refractivity contribution < 1.29 is 9.90 Å². The summed E-state index contributed by atoms with van der Waals surface area (Å²) < 4.78 is 4.00. The fourth-order valence-electron chi connectivity index (χ4n) is 5.65. The molecule has 2 aromatic rings. The van der Waals surface area contributed by atoms with Crippen LogP contribution in [0.15, 0.2) is 41.0 Å². The fourth-order valence-corrected chi connectivity index (χ4v) is 5.65. The van der Waals surface area contributed by atoms with Crippen molar-refractivity contribution in [1.82, 2.24) is 19.7 Å². The number of fused-ring (bicyclic) bond motifs is 3. The molecule has 3 aliphatic rings. The molecule has 6 bridgehead atoms. The second-order valence-corrected chi connectivity index (χ2v) is 9.65. The van der Waals surface area contributed by atoms with Crippen LogP contribution in [0.2, 0.25) is 0 Å². The molecule has 1 spiro atoms. The third kappa shape index (κ3) is 4.28. The molecule has 33 heavy (non-hydrogen) atoms. The molecule has 2 N–H and O–H groups in total. The molecule has 5 rings (SSSR count). The SMILES string of the molecule is O=C1NCCCCCCC2=Cc3ccn(c3CC=C2)C2(CCCC2)Cn2cc(O)c(=O)c1n2. The standard InChI is InChI=1S/C26H32N4O3/c31-22-17-29-18-26(12-4-5-13-26)30-15-11-20-16-19(9-7-10-21(20)30)8-3-1-2-6-14-27-25(33)23(28-29)24(22)32/h7,9,11,15-17,31H,1-6,8,10,12-14,18H2,(H,27,33). The number of carbonyl (C=O) groups is 1. The van der Waals surface area contributed by atoms with E-state index in [-0.39, 0.29) is 11.2 Å². The number of amides is 1. The Morgan fingerprint density at radius 3 is 2.73 bits per heavy atom. The van der Waals surface area contributed by atoms with Gasteiger partial charge in [0.15, 0.2) is 11.4 Å². The first-order chi connectivity index (χ1) is 16.1. The highest BCUT2D eigenvalue weighted by Crippen LogP contribution is 2.41. The number of rotatable bonds is 0. The molecule has 0 aromatic carbocycles. The van der Waals surface area contributed by atoms with Crippen molar-refractivity contribution in [3.05, 3.63) is 63.4 Å². The summed E-state index contributed by atoms with van der Waals surface area (Å²) in [5.74, 6) is -0.943. The Labute approximate surface area is 193 Å². The summed E-state index contributed by atoms with van der Waals surface area (Å²) in [7, 11) is 0. The van der Waals surface area contributed by atoms with E-state index in [1.54, 1.807) is 4.68 Å². The predicted molar refractivity (Wildman–Crippen MR) is 127 cm³/mol. The molecule has 7 nitrogen and oxygen atoms in total. The van der Waals surface area contributed by atoms with E-state index in [2.05, 4.69) is 45.5 Å². The first kappa shape index (κ1) is 21.7. The van der Waals surface area contributed by atoms with Crippen LogP contribution in [0.3, 0.4) is 0 Å². The highest BCUT2D eigenvalue weighted by molar-refractivity contribution is 5.92. The van der Waals surface area contributed by atoms with Crippen molar-refractivity contribution in [3.63, 3.8) is 0 Å². The Kier molecular flexibility index (Phi) is 5.96. The van der Waals surface area contributed by atoms with Crippen molar-refractivity contribution in [2.45, 2.75) is 76.3 Å². The average molecular weight is 449 g/mol. The number of allylic oxidation sites excluding steroid dienone is 3.